The quantitative estimate of drug-likeness (QED) is 0.802. The van der Waals surface area contributed by atoms with Crippen molar-refractivity contribution in [2.45, 2.75) is 18.7 Å². The van der Waals surface area contributed by atoms with Gasteiger partial charge >= 0.3 is 0 Å². The van der Waals surface area contributed by atoms with E-state index in [4.69, 9.17) is 0 Å². The summed E-state index contributed by atoms with van der Waals surface area (Å²) in [5.74, 6) is -0.561. The second-order valence-corrected chi connectivity index (χ2v) is 8.51. The minimum atomic E-state index is -3.78. The minimum Gasteiger partial charge on any atom is -0.347 e. The summed E-state index contributed by atoms with van der Waals surface area (Å²) < 4.78 is 27.9. The molecule has 0 saturated heterocycles. The topological polar surface area (TPSA) is 86.8 Å². The molecule has 0 bridgehead atoms. The van der Waals surface area contributed by atoms with E-state index in [0.717, 1.165) is 11.1 Å². The van der Waals surface area contributed by atoms with Crippen LogP contribution in [0.3, 0.4) is 0 Å². The Labute approximate surface area is 166 Å². The molecular formula is C20H25N3O4S. The number of carbonyl (C=O) groups is 2. The number of nitrogens with zero attached hydrogens (tertiary/aromatic N) is 2. The molecule has 0 unspecified atom stereocenters. The van der Waals surface area contributed by atoms with Gasteiger partial charge in [0.2, 0.25) is 5.91 Å². The van der Waals surface area contributed by atoms with Crippen LogP contribution in [0.4, 0.5) is 5.69 Å². The van der Waals surface area contributed by atoms with Crippen LogP contribution in [0.15, 0.2) is 47.4 Å². The number of hydrogen-bond acceptors (Lipinski definition) is 4. The maximum atomic E-state index is 12.6. The summed E-state index contributed by atoms with van der Waals surface area (Å²) in [4.78, 5) is 26.9. The van der Waals surface area contributed by atoms with Crippen LogP contribution in [0.2, 0.25) is 0 Å². The number of rotatable bonds is 6. The van der Waals surface area contributed by atoms with Gasteiger partial charge in [0.1, 0.15) is 0 Å². The predicted molar refractivity (Wildman–Crippen MR) is 109 cm³/mol. The van der Waals surface area contributed by atoms with E-state index in [1.165, 1.54) is 41.1 Å². The zero-order valence-corrected chi connectivity index (χ0v) is 17.5. The predicted octanol–water partition coefficient (Wildman–Crippen LogP) is 2.26. The van der Waals surface area contributed by atoms with Gasteiger partial charge in [-0.1, -0.05) is 12.1 Å². The largest absolute Gasteiger partial charge is 0.347 e. The van der Waals surface area contributed by atoms with E-state index in [9.17, 15) is 18.0 Å². The van der Waals surface area contributed by atoms with Crippen molar-refractivity contribution in [3.05, 3.63) is 59.2 Å². The Balaban J connectivity index is 2.17. The highest BCUT2D eigenvalue weighted by atomic mass is 32.2. The van der Waals surface area contributed by atoms with Crippen LogP contribution in [0.1, 0.15) is 21.5 Å². The molecule has 150 valence electrons. The summed E-state index contributed by atoms with van der Waals surface area (Å²) in [5.41, 5.74) is 2.66. The third-order valence-corrected chi connectivity index (χ3v) is 5.86. The maximum Gasteiger partial charge on any atom is 0.261 e. The molecule has 0 aromatic heterocycles. The van der Waals surface area contributed by atoms with E-state index in [0.29, 0.717) is 11.3 Å². The van der Waals surface area contributed by atoms with Crippen molar-refractivity contribution in [1.29, 1.82) is 0 Å². The molecule has 0 aliphatic carbocycles. The van der Waals surface area contributed by atoms with Crippen LogP contribution in [-0.4, -0.2) is 57.7 Å². The molecule has 28 heavy (non-hydrogen) atoms. The molecule has 0 radical (unpaired) electrons. The third-order valence-electron chi connectivity index (χ3n) is 4.48. The number of sulfonamides is 1. The molecule has 0 heterocycles. The maximum absolute atomic E-state index is 12.6. The van der Waals surface area contributed by atoms with Crippen LogP contribution in [0.25, 0.3) is 0 Å². The van der Waals surface area contributed by atoms with Crippen molar-refractivity contribution in [1.82, 2.24) is 9.80 Å². The highest BCUT2D eigenvalue weighted by Crippen LogP contribution is 2.22. The number of benzene rings is 2. The van der Waals surface area contributed by atoms with Crippen molar-refractivity contribution in [2.24, 2.45) is 0 Å². The standard InChI is InChI=1S/C20H25N3O4S/c1-14-7-6-8-18(15(14)2)21-28(26,27)17-11-9-16(10-12-17)20(25)23(5)13-19(24)22(3)4/h6-12,21H,13H2,1-5H3. The summed E-state index contributed by atoms with van der Waals surface area (Å²) in [6.45, 7) is 3.70. The molecule has 0 spiro atoms. The summed E-state index contributed by atoms with van der Waals surface area (Å²) >= 11 is 0. The zero-order chi connectivity index (χ0) is 21.1. The van der Waals surface area contributed by atoms with E-state index in [-0.39, 0.29) is 23.3 Å². The number of nitrogens with one attached hydrogen (secondary N) is 1. The van der Waals surface area contributed by atoms with Gasteiger partial charge < -0.3 is 9.80 Å². The Morgan fingerprint density at radius 3 is 2.14 bits per heavy atom. The van der Waals surface area contributed by atoms with Gasteiger partial charge in [-0.2, -0.15) is 0 Å². The Bertz CT molecular complexity index is 983. The number of anilines is 1. The number of aryl methyl sites for hydroxylation is 1. The number of likely N-dealkylation sites (N-methyl/N-ethyl adjacent to an activating group) is 2. The van der Waals surface area contributed by atoms with Gasteiger partial charge in [-0.3, -0.25) is 14.3 Å². The van der Waals surface area contributed by atoms with E-state index < -0.39 is 10.0 Å². The monoisotopic (exact) mass is 403 g/mol. The second kappa shape index (κ2) is 8.43. The lowest BCUT2D eigenvalue weighted by Crippen LogP contribution is -2.37. The Morgan fingerprint density at radius 1 is 0.964 bits per heavy atom. The lowest BCUT2D eigenvalue weighted by atomic mass is 10.1. The van der Waals surface area contributed by atoms with Crippen molar-refractivity contribution >= 4 is 27.5 Å². The van der Waals surface area contributed by atoms with E-state index >= 15 is 0 Å². The molecular weight excluding hydrogens is 378 g/mol. The Kier molecular flexibility index (Phi) is 6.45. The molecule has 2 amide bonds. The first-order valence-electron chi connectivity index (χ1n) is 8.67. The normalized spacial score (nSPS) is 11.0. The average Bonchev–Trinajstić information content (AvgIpc) is 2.64. The van der Waals surface area contributed by atoms with Gasteiger partial charge in [0, 0.05) is 26.7 Å². The summed E-state index contributed by atoms with van der Waals surface area (Å²) in [6, 6.07) is 11.0. The van der Waals surface area contributed by atoms with E-state index in [1.807, 2.05) is 19.9 Å². The van der Waals surface area contributed by atoms with E-state index in [2.05, 4.69) is 4.72 Å². The first kappa shape index (κ1) is 21.4. The lowest BCUT2D eigenvalue weighted by Gasteiger charge is -2.19. The molecule has 0 saturated carbocycles. The van der Waals surface area contributed by atoms with Gasteiger partial charge in [0.15, 0.2) is 0 Å². The van der Waals surface area contributed by atoms with Crippen LogP contribution in [0, 0.1) is 13.8 Å². The van der Waals surface area contributed by atoms with Crippen LogP contribution in [0.5, 0.6) is 0 Å². The highest BCUT2D eigenvalue weighted by molar-refractivity contribution is 7.92. The average molecular weight is 404 g/mol. The fraction of sp³-hybridized carbons (Fsp3) is 0.300. The molecule has 0 aliphatic heterocycles. The third kappa shape index (κ3) is 4.89. The van der Waals surface area contributed by atoms with Crippen molar-refractivity contribution in [2.75, 3.05) is 32.4 Å². The lowest BCUT2D eigenvalue weighted by molar-refractivity contribution is -0.129. The molecule has 0 fully saturated rings. The fourth-order valence-electron chi connectivity index (χ4n) is 2.48. The van der Waals surface area contributed by atoms with Crippen molar-refractivity contribution < 1.29 is 18.0 Å². The van der Waals surface area contributed by atoms with E-state index in [1.54, 1.807) is 26.2 Å². The fourth-order valence-corrected chi connectivity index (χ4v) is 3.60. The summed E-state index contributed by atoms with van der Waals surface area (Å²) in [6.07, 6.45) is 0. The molecule has 0 aliphatic rings. The van der Waals surface area contributed by atoms with Crippen molar-refractivity contribution in [3.63, 3.8) is 0 Å². The zero-order valence-electron chi connectivity index (χ0n) is 16.7. The van der Waals surface area contributed by atoms with Gasteiger partial charge in [-0.25, -0.2) is 8.42 Å². The first-order chi connectivity index (χ1) is 13.0. The molecule has 7 nitrogen and oxygen atoms in total. The molecule has 2 aromatic carbocycles. The molecule has 2 aromatic rings. The first-order valence-corrected chi connectivity index (χ1v) is 10.2. The summed E-state index contributed by atoms with van der Waals surface area (Å²) in [5, 5.41) is 0. The second-order valence-electron chi connectivity index (χ2n) is 6.83. The summed E-state index contributed by atoms with van der Waals surface area (Å²) in [7, 11) is 0.972. The SMILES string of the molecule is Cc1cccc(NS(=O)(=O)c2ccc(C(=O)N(C)CC(=O)N(C)C)cc2)c1C. The molecule has 1 N–H and O–H groups in total. The smallest absolute Gasteiger partial charge is 0.261 e. The number of carbonyl (C=O) groups excluding carboxylic acids is 2. The highest BCUT2D eigenvalue weighted by Gasteiger charge is 2.19. The Morgan fingerprint density at radius 2 is 1.57 bits per heavy atom. The van der Waals surface area contributed by atoms with Crippen molar-refractivity contribution in [3.8, 4) is 0 Å². The van der Waals surface area contributed by atoms with Gasteiger partial charge in [0.05, 0.1) is 17.1 Å². The number of amides is 2. The van der Waals surface area contributed by atoms with Gasteiger partial charge in [-0.05, 0) is 55.3 Å². The van der Waals surface area contributed by atoms with Crippen LogP contribution in [-0.2, 0) is 14.8 Å². The molecule has 2 rings (SSSR count). The minimum absolute atomic E-state index is 0.0528. The Hall–Kier alpha value is -2.87. The van der Waals surface area contributed by atoms with Gasteiger partial charge in [-0.15, -0.1) is 0 Å². The molecule has 8 heteroatoms. The molecule has 0 atom stereocenters. The van der Waals surface area contributed by atoms with Crippen LogP contribution < -0.4 is 4.72 Å². The van der Waals surface area contributed by atoms with Crippen LogP contribution >= 0.6 is 0 Å². The number of hydrogen-bond donors (Lipinski definition) is 1. The van der Waals surface area contributed by atoms with Gasteiger partial charge in [0.25, 0.3) is 15.9 Å².